The predicted octanol–water partition coefficient (Wildman–Crippen LogP) is -7.84. The Balaban J connectivity index is -0.0000000720. The third-order valence-corrected chi connectivity index (χ3v) is 1.47. The van der Waals surface area contributed by atoms with Gasteiger partial charge in [0.25, 0.3) is 0 Å². The van der Waals surface area contributed by atoms with Gasteiger partial charge in [0.1, 0.15) is 12.2 Å². The van der Waals surface area contributed by atoms with Crippen molar-refractivity contribution in [3.63, 3.8) is 0 Å². The minimum atomic E-state index is -2.56. The number of carboxylic acid groups (broad SMARTS) is 1. The van der Waals surface area contributed by atoms with Crippen molar-refractivity contribution in [2.45, 2.75) is 24.4 Å². The van der Waals surface area contributed by atoms with Gasteiger partial charge >= 0.3 is 17.4 Å². The molecule has 10 N–H and O–H groups in total. The van der Waals surface area contributed by atoms with Crippen LogP contribution in [0.5, 0.6) is 0 Å². The number of hydrogen-bond acceptors (Lipinski definition) is 9. The molecule has 0 aliphatic heterocycles. The Hall–Kier alpha value is -0.358. The average Bonchev–Trinajstić information content (AvgIpc) is 2.12. The molecule has 0 amide bonds. The van der Waals surface area contributed by atoms with Gasteiger partial charge in [0.15, 0.2) is 0 Å². The molecule has 11 nitrogen and oxygen atoms in total. The van der Waals surface area contributed by atoms with Crippen LogP contribution in [0.25, 0.3) is 0 Å². The normalized spacial score (nSPS) is 14.7. The van der Waals surface area contributed by atoms with Crippen LogP contribution in [-0.4, -0.2) is 96.7 Å². The summed E-state index contributed by atoms with van der Waals surface area (Å²) in [5.41, 5.74) is 0. The number of rotatable bonds is 5. The van der Waals surface area contributed by atoms with Crippen LogP contribution >= 0.6 is 0 Å². The summed E-state index contributed by atoms with van der Waals surface area (Å²) < 4.78 is 0. The van der Waals surface area contributed by atoms with Gasteiger partial charge in [-0.25, -0.2) is 0 Å². The van der Waals surface area contributed by atoms with Gasteiger partial charge in [-0.2, -0.15) is 0 Å². The number of hydrogen-bond donors (Lipinski definition) is 4. The fourth-order valence-electron chi connectivity index (χ4n) is 0.654. The van der Waals surface area contributed by atoms with Crippen LogP contribution in [-0.2, 0) is 4.79 Å². The first kappa shape index (κ1) is 36.0. The van der Waals surface area contributed by atoms with Crippen molar-refractivity contribution in [2.24, 2.45) is 0 Å². The van der Waals surface area contributed by atoms with E-state index in [1.165, 1.54) is 0 Å². The first-order valence-corrected chi connectivity index (χ1v) is 3.43. The first-order chi connectivity index (χ1) is 5.91. The summed E-state index contributed by atoms with van der Waals surface area (Å²) in [4.78, 5) is 9.92. The molecule has 0 aromatic carbocycles. The summed E-state index contributed by atoms with van der Waals surface area (Å²) in [5, 5.41) is 55.1. The second kappa shape index (κ2) is 16.6. The van der Waals surface area contributed by atoms with E-state index < -0.39 is 37.0 Å². The molecule has 0 fully saturated rings. The van der Waals surface area contributed by atoms with E-state index >= 15 is 0 Å². The largest absolute Gasteiger partial charge is 3.00 e. The van der Waals surface area contributed by atoms with E-state index in [1.807, 2.05) is 0 Å². The van der Waals surface area contributed by atoms with E-state index in [9.17, 15) is 15.0 Å². The van der Waals surface area contributed by atoms with E-state index in [2.05, 4.69) is 0 Å². The van der Waals surface area contributed by atoms with Gasteiger partial charge in [-0.1, -0.05) is 6.10 Å². The van der Waals surface area contributed by atoms with Crippen LogP contribution in [0.4, 0.5) is 0 Å². The van der Waals surface area contributed by atoms with Crippen molar-refractivity contribution in [3.05, 3.63) is 0 Å². The smallest absolute Gasteiger partial charge is 0.870 e. The minimum Gasteiger partial charge on any atom is -0.870 e. The van der Waals surface area contributed by atoms with E-state index in [0.717, 1.165) is 0 Å². The summed E-state index contributed by atoms with van der Waals surface area (Å²) in [5.74, 6) is -2.09. The molecule has 0 bridgehead atoms. The molecule has 4 atom stereocenters. The number of aliphatic hydroxyl groups is 4. The Labute approximate surface area is 112 Å². The van der Waals surface area contributed by atoms with Crippen molar-refractivity contribution in [1.29, 1.82) is 0 Å². The van der Waals surface area contributed by atoms with Crippen molar-refractivity contribution in [1.82, 2.24) is 0 Å². The number of carbonyl (C=O) groups is 1. The SMILES string of the molecule is O.O.O=C([O-])[C@H]([O-])[C@@H](O)[C@H](O)[C@H](O)CO.[Al+3].[OH-].[OH-]. The van der Waals surface area contributed by atoms with Crippen LogP contribution in [0.3, 0.4) is 0 Å². The Kier molecular flexibility index (Phi) is 33.3. The van der Waals surface area contributed by atoms with E-state index in [1.54, 1.807) is 0 Å². The van der Waals surface area contributed by atoms with Crippen molar-refractivity contribution >= 4 is 23.3 Å². The fraction of sp³-hybridized carbons (Fsp3) is 0.833. The number of aliphatic carboxylic acids is 1. The predicted molar refractivity (Wildman–Crippen MR) is 50.8 cm³/mol. The molecular weight excluding hydrogens is 275 g/mol. The second-order valence-corrected chi connectivity index (χ2v) is 2.47. The van der Waals surface area contributed by atoms with Crippen LogP contribution < -0.4 is 10.2 Å². The molecule has 0 rings (SSSR count). The quantitative estimate of drug-likeness (QED) is 0.349. The van der Waals surface area contributed by atoms with Crippen molar-refractivity contribution in [3.8, 4) is 0 Å². The Morgan fingerprint density at radius 3 is 1.61 bits per heavy atom. The summed E-state index contributed by atoms with van der Waals surface area (Å²) >= 11 is 0. The maximum absolute atomic E-state index is 10.5. The molecule has 18 heavy (non-hydrogen) atoms. The van der Waals surface area contributed by atoms with E-state index in [0.29, 0.717) is 0 Å². The molecule has 0 radical (unpaired) electrons. The van der Waals surface area contributed by atoms with E-state index in [-0.39, 0.29) is 39.3 Å². The third kappa shape index (κ3) is 10.8. The molecule has 110 valence electrons. The molecule has 12 heteroatoms. The molecule has 0 saturated heterocycles. The summed E-state index contributed by atoms with van der Waals surface area (Å²) in [6.07, 6.45) is -8.54. The number of carbonyl (C=O) groups excluding carboxylic acids is 1. The van der Waals surface area contributed by atoms with Gasteiger partial charge in [-0.05, 0) is 0 Å². The zero-order chi connectivity index (χ0) is 10.6. The third-order valence-electron chi connectivity index (χ3n) is 1.47. The molecule has 0 saturated carbocycles. The van der Waals surface area contributed by atoms with Crippen LogP contribution in [0, 0.1) is 0 Å². The van der Waals surface area contributed by atoms with Crippen LogP contribution in [0.2, 0.25) is 0 Å². The summed E-state index contributed by atoms with van der Waals surface area (Å²) in [6, 6.07) is 0. The van der Waals surface area contributed by atoms with Gasteiger partial charge in [0.2, 0.25) is 0 Å². The monoisotopic (exact) mass is 291 g/mol. The zero-order valence-corrected chi connectivity index (χ0v) is 10.2. The Morgan fingerprint density at radius 2 is 1.39 bits per heavy atom. The number of aliphatic hydroxyl groups excluding tert-OH is 4. The van der Waals surface area contributed by atoms with Gasteiger partial charge in [-0.3, -0.25) is 0 Å². The summed E-state index contributed by atoms with van der Waals surface area (Å²) in [7, 11) is 0. The van der Waals surface area contributed by atoms with Gasteiger partial charge in [0.05, 0.1) is 12.7 Å². The van der Waals surface area contributed by atoms with Gasteiger partial charge in [0, 0.05) is 5.97 Å². The minimum absolute atomic E-state index is 0. The van der Waals surface area contributed by atoms with Crippen LogP contribution in [0.1, 0.15) is 0 Å². The topological polar surface area (TPSA) is 267 Å². The first-order valence-electron chi connectivity index (χ1n) is 3.43. The van der Waals surface area contributed by atoms with Crippen LogP contribution in [0.15, 0.2) is 0 Å². The molecule has 0 aliphatic rings. The Morgan fingerprint density at radius 1 is 1.06 bits per heavy atom. The molecule has 0 aromatic heterocycles. The molecule has 0 aromatic rings. The van der Waals surface area contributed by atoms with Crippen molar-refractivity contribution < 1.29 is 57.3 Å². The molecular formula is C6H16AlO11-. The molecule has 0 aliphatic carbocycles. The Bertz CT molecular complexity index is 179. The maximum Gasteiger partial charge on any atom is 3.00 e. The average molecular weight is 291 g/mol. The molecule has 0 spiro atoms. The van der Waals surface area contributed by atoms with Crippen molar-refractivity contribution in [2.75, 3.05) is 6.61 Å². The molecule has 0 unspecified atom stereocenters. The number of carboxylic acids is 1. The fourth-order valence-corrected chi connectivity index (χ4v) is 0.654. The maximum atomic E-state index is 10.5. The van der Waals surface area contributed by atoms with Gasteiger partial charge < -0.3 is 57.3 Å². The standard InChI is InChI=1S/C6H11O7.Al.4H2O/c7-1-2(8)3(9)4(10)5(11)6(12)13;;;;;/h2-5,7-10H,1H2,(H,12,13);;4*1H2/q-1;+3;;;;/p-3/t2-,3-,4+,5-;;;;;/m1...../s1. The second-order valence-electron chi connectivity index (χ2n) is 2.47. The van der Waals surface area contributed by atoms with E-state index in [4.69, 9.17) is 20.4 Å². The zero-order valence-electron chi connectivity index (χ0n) is 9.00. The van der Waals surface area contributed by atoms with Gasteiger partial charge in [-0.15, -0.1) is 0 Å². The summed E-state index contributed by atoms with van der Waals surface area (Å²) in [6.45, 7) is -0.891. The molecule has 0 heterocycles.